The summed E-state index contributed by atoms with van der Waals surface area (Å²) in [5.74, 6) is -0.314. The third-order valence-electron chi connectivity index (χ3n) is 6.13. The van der Waals surface area contributed by atoms with Crippen LogP contribution in [-0.4, -0.2) is 42.7 Å². The molecule has 1 aliphatic carbocycles. The molecule has 2 heterocycles. The minimum atomic E-state index is -0.626. The fourth-order valence-electron chi connectivity index (χ4n) is 4.48. The molecule has 3 aromatic rings. The maximum absolute atomic E-state index is 14.7. The average molecular weight is 524 g/mol. The Bertz CT molecular complexity index is 1200. The molecule has 9 nitrogen and oxygen atoms in total. The number of aliphatic hydroxyl groups excluding tert-OH is 1. The lowest BCUT2D eigenvalue weighted by atomic mass is 10.1. The molecule has 2 aromatic heterocycles. The van der Waals surface area contributed by atoms with Gasteiger partial charge in [-0.25, -0.2) is 14.4 Å². The largest absolute Gasteiger partial charge is 0.393 e. The number of aliphatic hydroxyl groups is 1. The van der Waals surface area contributed by atoms with Crippen molar-refractivity contribution in [2.75, 3.05) is 10.6 Å². The van der Waals surface area contributed by atoms with E-state index in [1.54, 1.807) is 6.20 Å². The van der Waals surface area contributed by atoms with Gasteiger partial charge in [-0.1, -0.05) is 36.5 Å². The van der Waals surface area contributed by atoms with Crippen molar-refractivity contribution in [3.05, 3.63) is 34.2 Å². The highest BCUT2D eigenvalue weighted by Gasteiger charge is 2.26. The molecule has 188 valence electrons. The molecule has 35 heavy (non-hydrogen) atoms. The van der Waals surface area contributed by atoms with Crippen LogP contribution in [0.1, 0.15) is 57.9 Å². The molecule has 12 heteroatoms. The van der Waals surface area contributed by atoms with Crippen LogP contribution >= 0.6 is 23.2 Å². The minimum absolute atomic E-state index is 0.0315. The first-order chi connectivity index (χ1) is 16.7. The Morgan fingerprint density at radius 1 is 1.31 bits per heavy atom. The molecule has 0 unspecified atom stereocenters. The third kappa shape index (κ3) is 5.94. The van der Waals surface area contributed by atoms with Crippen LogP contribution in [0.2, 0.25) is 10.0 Å². The molecule has 4 rings (SSSR count). The van der Waals surface area contributed by atoms with Crippen LogP contribution in [0.5, 0.6) is 0 Å². The highest BCUT2D eigenvalue weighted by molar-refractivity contribution is 6.36. The Balaban J connectivity index is 1.78. The molecular weight excluding hydrogens is 496 g/mol. The van der Waals surface area contributed by atoms with Crippen LogP contribution in [0.4, 0.5) is 22.0 Å². The van der Waals surface area contributed by atoms with Crippen molar-refractivity contribution < 1.29 is 14.3 Å². The van der Waals surface area contributed by atoms with Gasteiger partial charge in [-0.05, 0) is 44.2 Å². The normalized spacial score (nSPS) is 18.7. The van der Waals surface area contributed by atoms with Crippen LogP contribution in [0, 0.1) is 5.82 Å². The number of carbonyl (C=O) groups excluding carboxylic acids is 1. The minimum Gasteiger partial charge on any atom is -0.393 e. The lowest BCUT2D eigenvalue weighted by Gasteiger charge is -2.21. The molecule has 1 aliphatic rings. The van der Waals surface area contributed by atoms with Crippen molar-refractivity contribution in [1.29, 1.82) is 0 Å². The number of anilines is 3. The number of hydrogen-bond donors (Lipinski definition) is 4. The summed E-state index contributed by atoms with van der Waals surface area (Å²) in [7, 11) is 0. The number of nitrogens with zero attached hydrogens (tertiary/aromatic N) is 4. The van der Waals surface area contributed by atoms with Crippen LogP contribution in [-0.2, 0) is 4.79 Å². The highest BCUT2D eigenvalue weighted by Crippen LogP contribution is 2.35. The van der Waals surface area contributed by atoms with Gasteiger partial charge in [-0.2, -0.15) is 4.98 Å². The zero-order valence-electron chi connectivity index (χ0n) is 19.3. The predicted molar refractivity (Wildman–Crippen MR) is 135 cm³/mol. The maximum atomic E-state index is 14.7. The number of benzene rings is 1. The van der Waals surface area contributed by atoms with Crippen molar-refractivity contribution >= 4 is 57.9 Å². The molecule has 1 aromatic carbocycles. The summed E-state index contributed by atoms with van der Waals surface area (Å²) in [5, 5.41) is 16.4. The van der Waals surface area contributed by atoms with E-state index in [0.717, 1.165) is 25.3 Å². The lowest BCUT2D eigenvalue weighted by Crippen LogP contribution is -2.19. The zero-order chi connectivity index (χ0) is 25.1. The maximum Gasteiger partial charge on any atom is 0.224 e. The van der Waals surface area contributed by atoms with Crippen LogP contribution in [0.15, 0.2) is 18.3 Å². The van der Waals surface area contributed by atoms with E-state index < -0.39 is 11.7 Å². The number of imidazole rings is 1. The van der Waals surface area contributed by atoms with Gasteiger partial charge in [0.25, 0.3) is 0 Å². The first-order valence-electron chi connectivity index (χ1n) is 11.6. The molecule has 0 saturated heterocycles. The number of amides is 1. The second-order valence-electron chi connectivity index (χ2n) is 8.83. The van der Waals surface area contributed by atoms with Crippen molar-refractivity contribution in [3.8, 4) is 0 Å². The molecule has 1 amide bonds. The van der Waals surface area contributed by atoms with Gasteiger partial charge < -0.3 is 21.5 Å². The quantitative estimate of drug-likeness (QED) is 0.295. The molecule has 3 atom stereocenters. The number of nitrogens with two attached hydrogens (primary N) is 1. The van der Waals surface area contributed by atoms with E-state index >= 15 is 0 Å². The Labute approximate surface area is 212 Å². The molecule has 0 aliphatic heterocycles. The fourth-order valence-corrected chi connectivity index (χ4v) is 5.00. The summed E-state index contributed by atoms with van der Waals surface area (Å²) in [4.78, 5) is 25.3. The molecule has 1 saturated carbocycles. The summed E-state index contributed by atoms with van der Waals surface area (Å²) in [6.07, 6.45) is 5.61. The van der Waals surface area contributed by atoms with E-state index in [1.807, 2.05) is 11.5 Å². The monoisotopic (exact) mass is 523 g/mol. The second-order valence-corrected chi connectivity index (χ2v) is 9.68. The van der Waals surface area contributed by atoms with Crippen LogP contribution in [0.25, 0.3) is 11.2 Å². The first-order valence-corrected chi connectivity index (χ1v) is 12.4. The number of aromatic nitrogens is 4. The standard InChI is InChI=1S/C23H28Cl2FN7O2/c1-2-3-14(5-7-19(27)35)33-21-18(11-28-22(32-21)29-13-4-6-15(34)10-13)30-23(33)31-20-16(25)8-12(24)9-17(20)26/h8-9,11,13-15,34H,2-7,10H2,1H3,(H2,27,35)(H,30,31)(H,28,29,32)/t13-,14-,15-/m1/s1. The van der Waals surface area contributed by atoms with Gasteiger partial charge in [-0.15, -0.1) is 0 Å². The Morgan fingerprint density at radius 3 is 2.77 bits per heavy atom. The summed E-state index contributed by atoms with van der Waals surface area (Å²) < 4.78 is 16.6. The van der Waals surface area contributed by atoms with Gasteiger partial charge in [0.15, 0.2) is 5.65 Å². The Morgan fingerprint density at radius 2 is 2.11 bits per heavy atom. The molecule has 1 fully saturated rings. The van der Waals surface area contributed by atoms with Gasteiger partial charge in [0, 0.05) is 23.5 Å². The summed E-state index contributed by atoms with van der Waals surface area (Å²) in [6, 6.07) is 2.48. The molecular formula is C23H28Cl2FN7O2. The van der Waals surface area contributed by atoms with Gasteiger partial charge >= 0.3 is 0 Å². The predicted octanol–water partition coefficient (Wildman–Crippen LogP) is 4.95. The summed E-state index contributed by atoms with van der Waals surface area (Å²) >= 11 is 12.2. The number of nitrogens with one attached hydrogen (secondary N) is 2. The molecule has 0 radical (unpaired) electrons. The van der Waals surface area contributed by atoms with Crippen molar-refractivity contribution in [3.63, 3.8) is 0 Å². The van der Waals surface area contributed by atoms with E-state index in [1.165, 1.54) is 6.07 Å². The van der Waals surface area contributed by atoms with E-state index in [4.69, 9.17) is 33.9 Å². The number of rotatable bonds is 10. The highest BCUT2D eigenvalue weighted by atomic mass is 35.5. The summed E-state index contributed by atoms with van der Waals surface area (Å²) in [5.41, 5.74) is 6.48. The van der Waals surface area contributed by atoms with Gasteiger partial charge in [0.1, 0.15) is 11.3 Å². The summed E-state index contributed by atoms with van der Waals surface area (Å²) in [6.45, 7) is 2.03. The topological polar surface area (TPSA) is 131 Å². The molecule has 0 spiro atoms. The van der Waals surface area contributed by atoms with E-state index in [2.05, 4.69) is 20.6 Å². The van der Waals surface area contributed by atoms with Gasteiger partial charge in [0.05, 0.1) is 23.0 Å². The van der Waals surface area contributed by atoms with Crippen molar-refractivity contribution in [1.82, 2.24) is 19.5 Å². The van der Waals surface area contributed by atoms with Gasteiger partial charge in [0.2, 0.25) is 17.8 Å². The van der Waals surface area contributed by atoms with E-state index in [0.29, 0.717) is 42.3 Å². The fraction of sp³-hybridized carbons (Fsp3) is 0.478. The zero-order valence-corrected chi connectivity index (χ0v) is 20.8. The van der Waals surface area contributed by atoms with Crippen molar-refractivity contribution in [2.24, 2.45) is 5.73 Å². The average Bonchev–Trinajstić information content (AvgIpc) is 3.36. The van der Waals surface area contributed by atoms with E-state index in [-0.39, 0.29) is 40.3 Å². The lowest BCUT2D eigenvalue weighted by molar-refractivity contribution is -0.118. The first kappa shape index (κ1) is 25.4. The SMILES string of the molecule is CCC[C@H](CCC(N)=O)n1c(Nc2c(F)cc(Cl)cc2Cl)nc2cnc(N[C@@H]3CC[C@@H](O)C3)nc21. The van der Waals surface area contributed by atoms with Crippen LogP contribution < -0.4 is 16.4 Å². The molecule has 5 N–H and O–H groups in total. The smallest absolute Gasteiger partial charge is 0.224 e. The molecule has 0 bridgehead atoms. The number of primary amides is 1. The Hall–Kier alpha value is -2.69. The second kappa shape index (κ2) is 10.9. The number of carbonyl (C=O) groups is 1. The third-order valence-corrected chi connectivity index (χ3v) is 6.64. The Kier molecular flexibility index (Phi) is 7.93. The van der Waals surface area contributed by atoms with Crippen molar-refractivity contribution in [2.45, 2.75) is 70.1 Å². The number of hydrogen-bond acceptors (Lipinski definition) is 7. The number of halogens is 3. The number of fused-ring (bicyclic) bond motifs is 1. The van der Waals surface area contributed by atoms with Gasteiger partial charge in [-0.3, -0.25) is 9.36 Å². The van der Waals surface area contributed by atoms with Crippen LogP contribution in [0.3, 0.4) is 0 Å². The van der Waals surface area contributed by atoms with E-state index in [9.17, 15) is 14.3 Å².